The van der Waals surface area contributed by atoms with Gasteiger partial charge in [-0.1, -0.05) is 24.3 Å². The molecule has 0 radical (unpaired) electrons. The Hall–Kier alpha value is -2.83. The molecule has 1 aliphatic heterocycles. The molecule has 1 aliphatic rings. The molecule has 1 fully saturated rings. The molecule has 1 heterocycles. The topological polar surface area (TPSA) is 49.4 Å². The third-order valence-corrected chi connectivity index (χ3v) is 4.47. The first kappa shape index (κ1) is 18.9. The van der Waals surface area contributed by atoms with E-state index in [1.54, 1.807) is 29.2 Å². The zero-order chi connectivity index (χ0) is 19.4. The van der Waals surface area contributed by atoms with Crippen LogP contribution in [-0.2, 0) is 24.1 Å². The molecule has 2 aromatic carbocycles. The van der Waals surface area contributed by atoms with Crippen LogP contribution in [0.15, 0.2) is 48.5 Å². The molecule has 0 aliphatic carbocycles. The number of nitrogens with one attached hydrogen (secondary N) is 1. The Kier molecular flexibility index (Phi) is 5.48. The molecule has 4 nitrogen and oxygen atoms in total. The molecular formula is C20H19F3N2O2. The highest BCUT2D eigenvalue weighted by molar-refractivity contribution is 5.94. The van der Waals surface area contributed by atoms with Crippen LogP contribution in [0.1, 0.15) is 39.9 Å². The highest BCUT2D eigenvalue weighted by Gasteiger charge is 2.30. The number of hydrogen-bond acceptors (Lipinski definition) is 2. The molecule has 0 atom stereocenters. The van der Waals surface area contributed by atoms with Gasteiger partial charge in [-0.2, -0.15) is 13.2 Å². The Bertz CT molecular complexity index is 832. The molecule has 0 saturated carbocycles. The van der Waals surface area contributed by atoms with Crippen molar-refractivity contribution < 1.29 is 22.8 Å². The van der Waals surface area contributed by atoms with Gasteiger partial charge in [0.25, 0.3) is 5.91 Å². The standard InChI is InChI=1S/C20H19F3N2O2/c21-20(22,23)17-4-1-3-15(11-17)12-24-19(27)16-8-6-14(7-9-16)13-25-10-2-5-18(25)26/h1,3-4,6-9,11H,2,5,10,12-13H2,(H,24,27). The van der Waals surface area contributed by atoms with Crippen molar-refractivity contribution in [1.82, 2.24) is 10.2 Å². The third kappa shape index (κ3) is 4.87. The largest absolute Gasteiger partial charge is 0.416 e. The maximum absolute atomic E-state index is 12.7. The lowest BCUT2D eigenvalue weighted by Crippen LogP contribution is -2.24. The van der Waals surface area contributed by atoms with Gasteiger partial charge in [-0.3, -0.25) is 9.59 Å². The molecule has 0 aromatic heterocycles. The number of amides is 2. The van der Waals surface area contributed by atoms with Crippen LogP contribution < -0.4 is 5.32 Å². The Morgan fingerprint density at radius 2 is 1.81 bits per heavy atom. The van der Waals surface area contributed by atoms with E-state index in [1.165, 1.54) is 12.1 Å². The van der Waals surface area contributed by atoms with E-state index in [0.29, 0.717) is 24.1 Å². The highest BCUT2D eigenvalue weighted by Crippen LogP contribution is 2.29. The van der Waals surface area contributed by atoms with Gasteiger partial charge in [0.2, 0.25) is 5.91 Å². The fraction of sp³-hybridized carbons (Fsp3) is 0.300. The maximum Gasteiger partial charge on any atom is 0.416 e. The van der Waals surface area contributed by atoms with Crippen LogP contribution in [0, 0.1) is 0 Å². The quantitative estimate of drug-likeness (QED) is 0.864. The molecule has 1 saturated heterocycles. The van der Waals surface area contributed by atoms with E-state index in [1.807, 2.05) is 0 Å². The van der Waals surface area contributed by atoms with Crippen molar-refractivity contribution in [3.8, 4) is 0 Å². The molecule has 1 N–H and O–H groups in total. The zero-order valence-electron chi connectivity index (χ0n) is 14.6. The minimum Gasteiger partial charge on any atom is -0.348 e. The van der Waals surface area contributed by atoms with Gasteiger partial charge >= 0.3 is 6.18 Å². The number of benzene rings is 2. The van der Waals surface area contributed by atoms with Crippen molar-refractivity contribution in [3.05, 3.63) is 70.8 Å². The Morgan fingerprint density at radius 1 is 1.07 bits per heavy atom. The summed E-state index contributed by atoms with van der Waals surface area (Å²) in [5, 5.41) is 2.62. The molecule has 0 spiro atoms. The van der Waals surface area contributed by atoms with Gasteiger partial charge in [-0.15, -0.1) is 0 Å². The number of halogens is 3. The molecule has 2 amide bonds. The van der Waals surface area contributed by atoms with Crippen molar-refractivity contribution in [2.45, 2.75) is 32.1 Å². The van der Waals surface area contributed by atoms with Gasteiger partial charge in [0.1, 0.15) is 0 Å². The molecule has 3 rings (SSSR count). The van der Waals surface area contributed by atoms with Crippen molar-refractivity contribution >= 4 is 11.8 Å². The molecule has 0 bridgehead atoms. The van der Waals surface area contributed by atoms with Crippen molar-refractivity contribution in [3.63, 3.8) is 0 Å². The Labute approximate surface area is 155 Å². The third-order valence-electron chi connectivity index (χ3n) is 4.47. The second-order valence-corrected chi connectivity index (χ2v) is 6.50. The van der Waals surface area contributed by atoms with Crippen molar-refractivity contribution in [2.75, 3.05) is 6.54 Å². The molecular weight excluding hydrogens is 357 g/mol. The predicted molar refractivity (Wildman–Crippen MR) is 93.7 cm³/mol. The number of nitrogens with zero attached hydrogens (tertiary/aromatic N) is 1. The monoisotopic (exact) mass is 376 g/mol. The lowest BCUT2D eigenvalue weighted by molar-refractivity contribution is -0.137. The van der Waals surface area contributed by atoms with Crippen LogP contribution in [0.2, 0.25) is 0 Å². The van der Waals surface area contributed by atoms with Crippen LogP contribution in [-0.4, -0.2) is 23.3 Å². The van der Waals surface area contributed by atoms with E-state index in [-0.39, 0.29) is 18.4 Å². The van der Waals surface area contributed by atoms with Gasteiger partial charge in [0, 0.05) is 31.6 Å². The summed E-state index contributed by atoms with van der Waals surface area (Å²) in [6, 6.07) is 11.7. The van der Waals surface area contributed by atoms with Crippen molar-refractivity contribution in [1.29, 1.82) is 0 Å². The van der Waals surface area contributed by atoms with Crippen LogP contribution in [0.3, 0.4) is 0 Å². The molecule has 0 unspecified atom stereocenters. The number of rotatable bonds is 5. The van der Waals surface area contributed by atoms with Crippen molar-refractivity contribution in [2.24, 2.45) is 0 Å². The molecule has 2 aromatic rings. The number of alkyl halides is 3. The first-order chi connectivity index (χ1) is 12.8. The fourth-order valence-corrected chi connectivity index (χ4v) is 3.00. The molecule has 7 heteroatoms. The molecule has 142 valence electrons. The van der Waals surface area contributed by atoms with E-state index in [0.717, 1.165) is 30.7 Å². The van der Waals surface area contributed by atoms with E-state index in [4.69, 9.17) is 0 Å². The number of likely N-dealkylation sites (tertiary alicyclic amines) is 1. The summed E-state index contributed by atoms with van der Waals surface area (Å²) >= 11 is 0. The van der Waals surface area contributed by atoms with Gasteiger partial charge in [-0.25, -0.2) is 0 Å². The molecule has 27 heavy (non-hydrogen) atoms. The van der Waals surface area contributed by atoms with Gasteiger partial charge < -0.3 is 10.2 Å². The average molecular weight is 376 g/mol. The Balaban J connectivity index is 1.57. The fourth-order valence-electron chi connectivity index (χ4n) is 3.00. The van der Waals surface area contributed by atoms with Crippen LogP contribution in [0.25, 0.3) is 0 Å². The second-order valence-electron chi connectivity index (χ2n) is 6.50. The summed E-state index contributed by atoms with van der Waals surface area (Å²) in [5.41, 5.74) is 0.982. The van der Waals surface area contributed by atoms with Gasteiger partial charge in [-0.05, 0) is 41.8 Å². The van der Waals surface area contributed by atoms with Crippen LogP contribution in [0.5, 0.6) is 0 Å². The van der Waals surface area contributed by atoms with Crippen LogP contribution in [0.4, 0.5) is 13.2 Å². The lowest BCUT2D eigenvalue weighted by atomic mass is 10.1. The van der Waals surface area contributed by atoms with Gasteiger partial charge in [0.05, 0.1) is 5.56 Å². The van der Waals surface area contributed by atoms with E-state index in [9.17, 15) is 22.8 Å². The summed E-state index contributed by atoms with van der Waals surface area (Å²) in [6.45, 7) is 1.27. The van der Waals surface area contributed by atoms with E-state index < -0.39 is 11.7 Å². The summed E-state index contributed by atoms with van der Waals surface area (Å²) in [7, 11) is 0. The zero-order valence-corrected chi connectivity index (χ0v) is 14.6. The smallest absolute Gasteiger partial charge is 0.348 e. The lowest BCUT2D eigenvalue weighted by Gasteiger charge is -2.15. The number of hydrogen-bond donors (Lipinski definition) is 1. The summed E-state index contributed by atoms with van der Waals surface area (Å²) in [4.78, 5) is 25.6. The van der Waals surface area contributed by atoms with E-state index in [2.05, 4.69) is 5.32 Å². The normalized spacial score (nSPS) is 14.5. The summed E-state index contributed by atoms with van der Waals surface area (Å²) in [5.74, 6) is -0.228. The number of carbonyl (C=O) groups is 2. The first-order valence-electron chi connectivity index (χ1n) is 8.64. The predicted octanol–water partition coefficient (Wildman–Crippen LogP) is 3.76. The summed E-state index contributed by atoms with van der Waals surface area (Å²) < 4.78 is 38.2. The van der Waals surface area contributed by atoms with Gasteiger partial charge in [0.15, 0.2) is 0 Å². The SMILES string of the molecule is O=C(NCc1cccc(C(F)(F)F)c1)c1ccc(CN2CCCC2=O)cc1. The van der Waals surface area contributed by atoms with Crippen LogP contribution >= 0.6 is 0 Å². The maximum atomic E-state index is 12.7. The second kappa shape index (κ2) is 7.82. The van der Waals surface area contributed by atoms with E-state index >= 15 is 0 Å². The first-order valence-corrected chi connectivity index (χ1v) is 8.64. The minimum atomic E-state index is -4.41. The number of carbonyl (C=O) groups excluding carboxylic acids is 2. The highest BCUT2D eigenvalue weighted by atomic mass is 19.4. The summed E-state index contributed by atoms with van der Waals surface area (Å²) in [6.07, 6.45) is -2.96. The Morgan fingerprint density at radius 3 is 2.44 bits per heavy atom. The average Bonchev–Trinajstić information content (AvgIpc) is 3.04. The minimum absolute atomic E-state index is 0.00673.